The number of benzene rings is 1. The predicted octanol–water partition coefficient (Wildman–Crippen LogP) is 2.33. The summed E-state index contributed by atoms with van der Waals surface area (Å²) < 4.78 is 11.6. The number of carbonyl (C=O) groups excluding carboxylic acids is 1. The largest absolute Gasteiger partial charge is 0.458 e. The summed E-state index contributed by atoms with van der Waals surface area (Å²) in [6.45, 7) is 5.99. The van der Waals surface area contributed by atoms with E-state index < -0.39 is 0 Å². The number of carbonyl (C=O) groups is 1. The van der Waals surface area contributed by atoms with Gasteiger partial charge in [-0.25, -0.2) is 4.79 Å². The molecule has 1 fully saturated rings. The van der Waals surface area contributed by atoms with Crippen molar-refractivity contribution in [3.05, 3.63) is 34.3 Å². The van der Waals surface area contributed by atoms with E-state index in [4.69, 9.17) is 9.47 Å². The number of esters is 1. The summed E-state index contributed by atoms with van der Waals surface area (Å²) in [6, 6.07) is 7.24. The van der Waals surface area contributed by atoms with Crippen LogP contribution >= 0.6 is 15.9 Å². The third kappa shape index (κ3) is 4.60. The molecule has 0 bridgehead atoms. The van der Waals surface area contributed by atoms with E-state index in [1.165, 1.54) is 0 Å². The molecule has 1 atom stereocenters. The molecule has 0 unspecified atom stereocenters. The van der Waals surface area contributed by atoms with Crippen molar-refractivity contribution in [2.75, 3.05) is 32.8 Å². The van der Waals surface area contributed by atoms with Crippen LogP contribution in [0.2, 0.25) is 0 Å². The maximum absolute atomic E-state index is 12.0. The van der Waals surface area contributed by atoms with Crippen molar-refractivity contribution in [2.45, 2.75) is 13.0 Å². The van der Waals surface area contributed by atoms with Crippen molar-refractivity contribution >= 4 is 21.9 Å². The Morgan fingerprint density at radius 2 is 2.21 bits per heavy atom. The topological polar surface area (TPSA) is 38.8 Å². The second-order valence-electron chi connectivity index (χ2n) is 4.64. The lowest BCUT2D eigenvalue weighted by atomic mass is 10.2. The van der Waals surface area contributed by atoms with E-state index in [0.717, 1.165) is 37.3 Å². The fourth-order valence-electron chi connectivity index (χ4n) is 2.05. The van der Waals surface area contributed by atoms with Gasteiger partial charge in [-0.15, -0.1) is 0 Å². The van der Waals surface area contributed by atoms with Gasteiger partial charge in [0.2, 0.25) is 0 Å². The molecule has 1 aromatic carbocycles. The van der Waals surface area contributed by atoms with Crippen LogP contribution in [0.4, 0.5) is 0 Å². The first-order valence-corrected chi connectivity index (χ1v) is 7.21. The first kappa shape index (κ1) is 14.5. The molecule has 2 rings (SSSR count). The SMILES string of the molecule is C[C@H](CN1CCOCC1)OC(=O)c1cccc(Br)c1. The molecular formula is C14H18BrNO3. The lowest BCUT2D eigenvalue weighted by Gasteiger charge is -2.28. The van der Waals surface area contributed by atoms with Crippen LogP contribution in [0.25, 0.3) is 0 Å². The Morgan fingerprint density at radius 1 is 1.47 bits per heavy atom. The number of ether oxygens (including phenoxy) is 2. The Kier molecular flexibility index (Phi) is 5.36. The van der Waals surface area contributed by atoms with Crippen LogP contribution in [0.15, 0.2) is 28.7 Å². The lowest BCUT2D eigenvalue weighted by molar-refractivity contribution is 0.000444. The van der Waals surface area contributed by atoms with Crippen molar-refractivity contribution in [1.29, 1.82) is 0 Å². The van der Waals surface area contributed by atoms with E-state index in [1.807, 2.05) is 19.1 Å². The standard InChI is InChI=1S/C14H18BrNO3/c1-11(10-16-5-7-18-8-6-16)19-14(17)12-3-2-4-13(15)9-12/h2-4,9,11H,5-8,10H2,1H3/t11-/m1/s1. The summed E-state index contributed by atoms with van der Waals surface area (Å²) in [5, 5.41) is 0. The van der Waals surface area contributed by atoms with E-state index in [9.17, 15) is 4.79 Å². The maximum atomic E-state index is 12.0. The molecule has 4 nitrogen and oxygen atoms in total. The van der Waals surface area contributed by atoms with E-state index in [0.29, 0.717) is 5.56 Å². The van der Waals surface area contributed by atoms with Crippen LogP contribution in [-0.4, -0.2) is 49.8 Å². The van der Waals surface area contributed by atoms with Gasteiger partial charge in [0, 0.05) is 24.1 Å². The molecule has 0 aliphatic carbocycles. The van der Waals surface area contributed by atoms with Crippen molar-refractivity contribution in [3.63, 3.8) is 0 Å². The molecule has 0 spiro atoms. The fraction of sp³-hybridized carbons (Fsp3) is 0.500. The van der Waals surface area contributed by atoms with Crippen LogP contribution < -0.4 is 0 Å². The molecule has 0 N–H and O–H groups in total. The Bertz CT molecular complexity index is 432. The van der Waals surface area contributed by atoms with Crippen molar-refractivity contribution in [2.24, 2.45) is 0 Å². The molecule has 5 heteroatoms. The molecule has 1 aromatic rings. The third-order valence-corrected chi connectivity index (χ3v) is 3.48. The van der Waals surface area contributed by atoms with Crippen molar-refractivity contribution in [1.82, 2.24) is 4.90 Å². The third-order valence-electron chi connectivity index (χ3n) is 2.99. The number of hydrogen-bond acceptors (Lipinski definition) is 4. The monoisotopic (exact) mass is 327 g/mol. The molecule has 0 saturated carbocycles. The molecule has 0 radical (unpaired) electrons. The maximum Gasteiger partial charge on any atom is 0.338 e. The van der Waals surface area contributed by atoms with E-state index in [2.05, 4.69) is 20.8 Å². The molecule has 104 valence electrons. The highest BCUT2D eigenvalue weighted by atomic mass is 79.9. The minimum atomic E-state index is -0.276. The van der Waals surface area contributed by atoms with Crippen LogP contribution in [0.5, 0.6) is 0 Å². The van der Waals surface area contributed by atoms with E-state index >= 15 is 0 Å². The van der Waals surface area contributed by atoms with Gasteiger partial charge in [-0.3, -0.25) is 4.90 Å². The summed E-state index contributed by atoms with van der Waals surface area (Å²) in [5.41, 5.74) is 0.572. The summed E-state index contributed by atoms with van der Waals surface area (Å²) in [7, 11) is 0. The normalized spacial score (nSPS) is 18.0. The summed E-state index contributed by atoms with van der Waals surface area (Å²) >= 11 is 3.35. The molecule has 1 heterocycles. The van der Waals surface area contributed by atoms with Crippen LogP contribution in [-0.2, 0) is 9.47 Å². The number of halogens is 1. The zero-order valence-electron chi connectivity index (χ0n) is 11.0. The molecule has 19 heavy (non-hydrogen) atoms. The lowest BCUT2D eigenvalue weighted by Crippen LogP contribution is -2.41. The number of nitrogens with zero attached hydrogens (tertiary/aromatic N) is 1. The smallest absolute Gasteiger partial charge is 0.338 e. The van der Waals surface area contributed by atoms with Gasteiger partial charge in [0.05, 0.1) is 18.8 Å². The highest BCUT2D eigenvalue weighted by Crippen LogP contribution is 2.13. The highest BCUT2D eigenvalue weighted by Gasteiger charge is 2.17. The van der Waals surface area contributed by atoms with Crippen molar-refractivity contribution < 1.29 is 14.3 Å². The highest BCUT2D eigenvalue weighted by molar-refractivity contribution is 9.10. The summed E-state index contributed by atoms with van der Waals surface area (Å²) in [5.74, 6) is -0.276. The van der Waals surface area contributed by atoms with Gasteiger partial charge in [0.15, 0.2) is 0 Å². The molecule has 1 aliphatic heterocycles. The second-order valence-corrected chi connectivity index (χ2v) is 5.55. The first-order chi connectivity index (χ1) is 9.15. The Morgan fingerprint density at radius 3 is 2.89 bits per heavy atom. The Hall–Kier alpha value is -0.910. The van der Waals surface area contributed by atoms with Crippen LogP contribution in [0.3, 0.4) is 0 Å². The minimum absolute atomic E-state index is 0.121. The number of morpholine rings is 1. The molecule has 1 saturated heterocycles. The van der Waals surface area contributed by atoms with Gasteiger partial charge in [0.1, 0.15) is 6.10 Å². The first-order valence-electron chi connectivity index (χ1n) is 6.42. The van der Waals surface area contributed by atoms with Gasteiger partial charge in [-0.05, 0) is 25.1 Å². The molecular weight excluding hydrogens is 310 g/mol. The van der Waals surface area contributed by atoms with Gasteiger partial charge in [-0.1, -0.05) is 22.0 Å². The quantitative estimate of drug-likeness (QED) is 0.795. The van der Waals surface area contributed by atoms with Gasteiger partial charge < -0.3 is 9.47 Å². The van der Waals surface area contributed by atoms with Gasteiger partial charge in [-0.2, -0.15) is 0 Å². The van der Waals surface area contributed by atoms with E-state index in [1.54, 1.807) is 12.1 Å². The Balaban J connectivity index is 1.84. The fourth-order valence-corrected chi connectivity index (χ4v) is 2.45. The van der Waals surface area contributed by atoms with Gasteiger partial charge in [0.25, 0.3) is 0 Å². The molecule has 0 amide bonds. The van der Waals surface area contributed by atoms with Crippen LogP contribution in [0, 0.1) is 0 Å². The van der Waals surface area contributed by atoms with Gasteiger partial charge >= 0.3 is 5.97 Å². The zero-order chi connectivity index (χ0) is 13.7. The Labute approximate surface area is 121 Å². The van der Waals surface area contributed by atoms with Crippen molar-refractivity contribution in [3.8, 4) is 0 Å². The average molecular weight is 328 g/mol. The predicted molar refractivity (Wildman–Crippen MR) is 76.3 cm³/mol. The minimum Gasteiger partial charge on any atom is -0.458 e. The second kappa shape index (κ2) is 7.03. The summed E-state index contributed by atoms with van der Waals surface area (Å²) in [4.78, 5) is 14.2. The van der Waals surface area contributed by atoms with Crippen LogP contribution in [0.1, 0.15) is 17.3 Å². The zero-order valence-corrected chi connectivity index (χ0v) is 12.6. The number of rotatable bonds is 4. The van der Waals surface area contributed by atoms with E-state index in [-0.39, 0.29) is 12.1 Å². The molecule has 0 aromatic heterocycles. The molecule has 1 aliphatic rings. The summed E-state index contributed by atoms with van der Waals surface area (Å²) in [6.07, 6.45) is -0.121. The number of hydrogen-bond donors (Lipinski definition) is 0. The average Bonchev–Trinajstić information content (AvgIpc) is 2.39.